The van der Waals surface area contributed by atoms with Crippen LogP contribution in [0.5, 0.6) is 0 Å². The number of hydrogen-bond acceptors (Lipinski definition) is 4. The summed E-state index contributed by atoms with van der Waals surface area (Å²) in [5.41, 5.74) is -1.69. The minimum absolute atomic E-state index is 0.183. The Morgan fingerprint density at radius 2 is 1.67 bits per heavy atom. The van der Waals surface area contributed by atoms with E-state index in [1.54, 1.807) is 48.5 Å². The average molecular weight is 726 g/mol. The van der Waals surface area contributed by atoms with Crippen LogP contribution in [0, 0.1) is 11.7 Å². The summed E-state index contributed by atoms with van der Waals surface area (Å²) >= 11 is 12.6. The zero-order valence-electron chi connectivity index (χ0n) is 25.8. The highest BCUT2D eigenvalue weighted by atomic mass is 35.5. The van der Waals surface area contributed by atoms with Crippen molar-refractivity contribution in [3.63, 3.8) is 0 Å². The largest absolute Gasteiger partial charge is 0.392 e. The number of sulfonamides is 1. The molecule has 13 heteroatoms. The van der Waals surface area contributed by atoms with Gasteiger partial charge >= 0.3 is 6.18 Å². The number of ether oxygens (including phenoxy) is 1. The molecule has 2 aliphatic carbocycles. The summed E-state index contributed by atoms with van der Waals surface area (Å²) in [6, 6.07) is 16.5. The molecule has 4 atom stereocenters. The van der Waals surface area contributed by atoms with Crippen molar-refractivity contribution in [2.75, 3.05) is 10.8 Å². The first kappa shape index (κ1) is 34.7. The highest BCUT2D eigenvalue weighted by molar-refractivity contribution is 7.93. The summed E-state index contributed by atoms with van der Waals surface area (Å²) in [4.78, 5) is 16.3. The third kappa shape index (κ3) is 7.11. The van der Waals surface area contributed by atoms with Gasteiger partial charge in [0.1, 0.15) is 11.9 Å². The van der Waals surface area contributed by atoms with Gasteiger partial charge in [0.15, 0.2) is 5.60 Å². The summed E-state index contributed by atoms with van der Waals surface area (Å²) in [5, 5.41) is -0.0287. The highest BCUT2D eigenvalue weighted by Gasteiger charge is 2.60. The second-order valence-electron chi connectivity index (χ2n) is 12.7. The lowest BCUT2D eigenvalue weighted by molar-refractivity contribution is -0.239. The first-order valence-corrected chi connectivity index (χ1v) is 18.0. The Morgan fingerprint density at radius 3 is 2.25 bits per heavy atom. The van der Waals surface area contributed by atoms with E-state index < -0.39 is 69.8 Å². The van der Waals surface area contributed by atoms with E-state index in [2.05, 4.69) is 6.58 Å². The number of alkyl halides is 3. The topological polar surface area (TPSA) is 66.9 Å². The summed E-state index contributed by atoms with van der Waals surface area (Å²) in [5.74, 6) is -2.00. The molecule has 0 bridgehead atoms. The monoisotopic (exact) mass is 724 g/mol. The summed E-state index contributed by atoms with van der Waals surface area (Å²) < 4.78 is 93.9. The normalized spacial score (nSPS) is 24.0. The second-order valence-corrected chi connectivity index (χ2v) is 15.7. The average Bonchev–Trinajstić information content (AvgIpc) is 3.94. The van der Waals surface area contributed by atoms with Gasteiger partial charge in [0.25, 0.3) is 5.91 Å². The van der Waals surface area contributed by atoms with Crippen molar-refractivity contribution < 1.29 is 35.5 Å². The molecule has 1 amide bonds. The predicted molar refractivity (Wildman–Crippen MR) is 177 cm³/mol. The van der Waals surface area contributed by atoms with E-state index in [1.807, 2.05) is 0 Å². The van der Waals surface area contributed by atoms with E-state index in [0.29, 0.717) is 46.9 Å². The zero-order valence-corrected chi connectivity index (χ0v) is 28.1. The lowest BCUT2D eigenvalue weighted by Gasteiger charge is -2.53. The molecule has 2 saturated carbocycles. The van der Waals surface area contributed by atoms with Crippen LogP contribution >= 0.6 is 23.2 Å². The van der Waals surface area contributed by atoms with Crippen LogP contribution in [0.4, 0.5) is 23.2 Å². The number of hydrogen-bond donors (Lipinski definition) is 0. The molecule has 256 valence electrons. The van der Waals surface area contributed by atoms with E-state index >= 15 is 4.39 Å². The van der Waals surface area contributed by atoms with E-state index in [1.165, 1.54) is 29.2 Å². The number of carbonyl (C=O) groups excluding carboxylic acids is 1. The molecule has 3 aliphatic rings. The molecule has 1 unspecified atom stereocenters. The fourth-order valence-corrected chi connectivity index (χ4v) is 8.89. The first-order chi connectivity index (χ1) is 22.7. The minimum Gasteiger partial charge on any atom is -0.354 e. The molecule has 1 heterocycles. The lowest BCUT2D eigenvalue weighted by Crippen LogP contribution is -2.64. The van der Waals surface area contributed by atoms with Gasteiger partial charge in [0, 0.05) is 16.5 Å². The Morgan fingerprint density at radius 1 is 0.979 bits per heavy atom. The van der Waals surface area contributed by atoms with Gasteiger partial charge in [-0.3, -0.25) is 9.10 Å². The van der Waals surface area contributed by atoms with Crippen molar-refractivity contribution in [1.82, 2.24) is 4.90 Å². The Labute approximate surface area is 287 Å². The molecular weight excluding hydrogens is 691 g/mol. The van der Waals surface area contributed by atoms with Gasteiger partial charge < -0.3 is 9.64 Å². The summed E-state index contributed by atoms with van der Waals surface area (Å²) in [7, 11) is -4.09. The van der Waals surface area contributed by atoms with Crippen LogP contribution in [-0.4, -0.2) is 48.8 Å². The summed E-state index contributed by atoms with van der Waals surface area (Å²) in [6.45, 7) is 3.29. The van der Waals surface area contributed by atoms with Crippen molar-refractivity contribution in [3.8, 4) is 0 Å². The maximum atomic E-state index is 15.4. The predicted octanol–water partition coefficient (Wildman–Crippen LogP) is 8.82. The molecule has 1 saturated heterocycles. The molecule has 48 heavy (non-hydrogen) atoms. The van der Waals surface area contributed by atoms with Crippen LogP contribution in [-0.2, 0) is 19.6 Å². The van der Waals surface area contributed by atoms with Gasteiger partial charge in [0.2, 0.25) is 10.0 Å². The fraction of sp³-hybridized carbons (Fsp3) is 0.400. The molecule has 3 fully saturated rings. The van der Waals surface area contributed by atoms with Crippen LogP contribution in [0.3, 0.4) is 0 Å². The number of halogens is 6. The third-order valence-electron chi connectivity index (χ3n) is 9.16. The Bertz CT molecular complexity index is 1780. The molecule has 1 aliphatic heterocycles. The van der Waals surface area contributed by atoms with Crippen LogP contribution in [0.15, 0.2) is 85.5 Å². The first-order valence-electron chi connectivity index (χ1n) is 15.7. The van der Waals surface area contributed by atoms with Crippen molar-refractivity contribution in [3.05, 3.63) is 112 Å². The van der Waals surface area contributed by atoms with Gasteiger partial charge in [-0.15, -0.1) is 6.58 Å². The molecule has 3 aromatic carbocycles. The Kier molecular flexibility index (Phi) is 9.63. The van der Waals surface area contributed by atoms with E-state index in [4.69, 9.17) is 27.9 Å². The van der Waals surface area contributed by atoms with Crippen molar-refractivity contribution >= 4 is 44.8 Å². The molecule has 0 spiro atoms. The molecule has 0 N–H and O–H groups in total. The minimum atomic E-state index is -4.82. The SMILES string of the molecule is C=CC[C@]1(CC(F)(F)F)O[C@H](c2cccc(Cl)c2)[C@@H](c2ccc(Cl)cc2)N(C(CN(c2ccccc2F)S(=O)(=O)C2CC2)C2CC2)C1=O. The van der Waals surface area contributed by atoms with Crippen molar-refractivity contribution in [2.24, 2.45) is 5.92 Å². The smallest absolute Gasteiger partial charge is 0.354 e. The maximum Gasteiger partial charge on any atom is 0.392 e. The van der Waals surface area contributed by atoms with Gasteiger partial charge in [-0.1, -0.05) is 65.7 Å². The number of rotatable bonds is 12. The number of para-hydroxylation sites is 1. The molecule has 0 radical (unpaired) electrons. The molecule has 3 aromatic rings. The van der Waals surface area contributed by atoms with Gasteiger partial charge in [-0.05, 0) is 79.1 Å². The van der Waals surface area contributed by atoms with Gasteiger partial charge in [0.05, 0.1) is 36.0 Å². The number of amides is 1. The quantitative estimate of drug-likeness (QED) is 0.138. The maximum absolute atomic E-state index is 15.4. The molecular formula is C35H34Cl2F4N2O4S. The van der Waals surface area contributed by atoms with Crippen LogP contribution in [0.1, 0.15) is 61.8 Å². The van der Waals surface area contributed by atoms with Gasteiger partial charge in [-0.2, -0.15) is 13.2 Å². The Balaban J connectivity index is 1.57. The van der Waals surface area contributed by atoms with Crippen LogP contribution < -0.4 is 4.31 Å². The highest BCUT2D eigenvalue weighted by Crippen LogP contribution is 2.53. The number of benzene rings is 3. The van der Waals surface area contributed by atoms with Crippen molar-refractivity contribution in [1.29, 1.82) is 0 Å². The number of nitrogens with zero attached hydrogens (tertiary/aromatic N) is 2. The van der Waals surface area contributed by atoms with Crippen molar-refractivity contribution in [2.45, 2.75) is 73.7 Å². The zero-order chi connectivity index (χ0) is 34.4. The van der Waals surface area contributed by atoms with Crippen LogP contribution in [0.2, 0.25) is 10.0 Å². The van der Waals surface area contributed by atoms with E-state index in [9.17, 15) is 26.4 Å². The van der Waals surface area contributed by atoms with E-state index in [0.717, 1.165) is 10.4 Å². The molecule has 6 rings (SSSR count). The molecule has 0 aromatic heterocycles. The van der Waals surface area contributed by atoms with E-state index in [-0.39, 0.29) is 18.2 Å². The Hall–Kier alpha value is -3.12. The third-order valence-corrected chi connectivity index (χ3v) is 11.9. The molecule has 6 nitrogen and oxygen atoms in total. The number of morpholine rings is 1. The summed E-state index contributed by atoms with van der Waals surface area (Å²) in [6.07, 6.45) is -4.88. The van der Waals surface area contributed by atoms with Gasteiger partial charge in [-0.25, -0.2) is 12.8 Å². The fourth-order valence-electron chi connectivity index (χ4n) is 6.69. The van der Waals surface area contributed by atoms with Crippen LogP contribution in [0.25, 0.3) is 0 Å². The number of anilines is 1. The lowest BCUT2D eigenvalue weighted by atomic mass is 9.83. The standard InChI is InChI=1S/C35H34Cl2F4N2O4S/c1-2-18-34(21-35(39,40)41)33(44)43(31(23-12-14-25(36)15-13-23)32(47-34)24-6-5-7-26(37)19-24)30(22-10-11-22)20-42(48(45,46)27-16-17-27)29-9-4-3-8-28(29)38/h2-9,12-15,19,22,27,30-32H,1,10-11,16-18,20-21H2/t30?,31-,32-,34-/m1/s1. The number of carbonyl (C=O) groups is 1. The second kappa shape index (κ2) is 13.3.